The van der Waals surface area contributed by atoms with Crippen LogP contribution in [-0.2, 0) is 17.8 Å². The summed E-state index contributed by atoms with van der Waals surface area (Å²) in [7, 11) is 1.70. The molecule has 25 heavy (non-hydrogen) atoms. The third kappa shape index (κ3) is 7.52. The molecule has 0 heterocycles. The number of aryl methyl sites for hydroxylation is 1. The highest BCUT2D eigenvalue weighted by atomic mass is 16.1. The molecule has 0 aliphatic rings. The van der Waals surface area contributed by atoms with Gasteiger partial charge in [0, 0.05) is 20.1 Å². The summed E-state index contributed by atoms with van der Waals surface area (Å²) in [5, 5.41) is 9.14. The van der Waals surface area contributed by atoms with Crippen LogP contribution in [0.1, 0.15) is 17.5 Å². The van der Waals surface area contributed by atoms with Crippen molar-refractivity contribution in [2.45, 2.75) is 19.4 Å². The zero-order valence-corrected chi connectivity index (χ0v) is 14.7. The van der Waals surface area contributed by atoms with E-state index in [9.17, 15) is 4.79 Å². The van der Waals surface area contributed by atoms with Gasteiger partial charge in [0.2, 0.25) is 5.91 Å². The van der Waals surface area contributed by atoms with Crippen LogP contribution in [0, 0.1) is 0 Å². The Balaban J connectivity index is 1.60. The lowest BCUT2D eigenvalue weighted by Gasteiger charge is -2.12. The number of hydrogen-bond donors (Lipinski definition) is 3. The molecule has 2 rings (SSSR count). The minimum atomic E-state index is -0.0592. The summed E-state index contributed by atoms with van der Waals surface area (Å²) in [6.07, 6.45) is 2.02. The van der Waals surface area contributed by atoms with Crippen molar-refractivity contribution in [1.29, 1.82) is 0 Å². The Kier molecular flexibility index (Phi) is 8.05. The van der Waals surface area contributed by atoms with Gasteiger partial charge in [-0.1, -0.05) is 60.7 Å². The number of nitrogens with one attached hydrogen (secondary N) is 3. The zero-order chi connectivity index (χ0) is 17.7. The molecule has 0 aliphatic carbocycles. The van der Waals surface area contributed by atoms with E-state index in [1.54, 1.807) is 7.05 Å². The number of nitrogens with zero attached hydrogens (tertiary/aromatic N) is 1. The zero-order valence-electron chi connectivity index (χ0n) is 14.7. The Bertz CT molecular complexity index is 656. The fourth-order valence-electron chi connectivity index (χ4n) is 2.39. The van der Waals surface area contributed by atoms with E-state index in [1.165, 1.54) is 5.56 Å². The van der Waals surface area contributed by atoms with Crippen LogP contribution in [0.4, 0.5) is 0 Å². The van der Waals surface area contributed by atoms with Gasteiger partial charge < -0.3 is 16.0 Å². The second-order valence-electron chi connectivity index (χ2n) is 5.70. The first-order valence-corrected chi connectivity index (χ1v) is 8.57. The Morgan fingerprint density at radius 3 is 2.16 bits per heavy atom. The van der Waals surface area contributed by atoms with E-state index in [0.717, 1.165) is 24.9 Å². The van der Waals surface area contributed by atoms with Crippen molar-refractivity contribution >= 4 is 11.9 Å². The van der Waals surface area contributed by atoms with Crippen molar-refractivity contribution in [3.05, 3.63) is 71.8 Å². The van der Waals surface area contributed by atoms with Gasteiger partial charge in [-0.3, -0.25) is 9.79 Å². The fourth-order valence-corrected chi connectivity index (χ4v) is 2.39. The fraction of sp³-hybridized carbons (Fsp3) is 0.300. The summed E-state index contributed by atoms with van der Waals surface area (Å²) in [5.74, 6) is 0.582. The van der Waals surface area contributed by atoms with Gasteiger partial charge in [0.05, 0.1) is 6.54 Å². The number of aliphatic imine (C=N–C) groups is 1. The molecule has 0 aliphatic heterocycles. The minimum absolute atomic E-state index is 0.0592. The molecule has 0 spiro atoms. The maximum atomic E-state index is 11.9. The molecule has 5 heteroatoms. The first-order chi connectivity index (χ1) is 12.3. The maximum Gasteiger partial charge on any atom is 0.239 e. The largest absolute Gasteiger partial charge is 0.356 e. The second kappa shape index (κ2) is 10.9. The van der Waals surface area contributed by atoms with Gasteiger partial charge in [-0.25, -0.2) is 0 Å². The Labute approximate surface area is 149 Å². The predicted molar refractivity (Wildman–Crippen MR) is 102 cm³/mol. The number of hydrogen-bond acceptors (Lipinski definition) is 2. The van der Waals surface area contributed by atoms with Crippen LogP contribution in [0.2, 0.25) is 0 Å². The van der Waals surface area contributed by atoms with Crippen LogP contribution in [0.25, 0.3) is 0 Å². The van der Waals surface area contributed by atoms with E-state index in [2.05, 4.69) is 45.2 Å². The molecule has 2 aromatic rings. The van der Waals surface area contributed by atoms with Crippen molar-refractivity contribution in [2.24, 2.45) is 4.99 Å². The van der Waals surface area contributed by atoms with Crippen molar-refractivity contribution in [3.8, 4) is 0 Å². The molecule has 0 radical (unpaired) electrons. The second-order valence-corrected chi connectivity index (χ2v) is 5.70. The Hall–Kier alpha value is -2.82. The van der Waals surface area contributed by atoms with Crippen LogP contribution >= 0.6 is 0 Å². The average molecular weight is 338 g/mol. The first-order valence-electron chi connectivity index (χ1n) is 8.57. The highest BCUT2D eigenvalue weighted by Crippen LogP contribution is 2.01. The molecule has 1 amide bonds. The van der Waals surface area contributed by atoms with Gasteiger partial charge in [0.15, 0.2) is 5.96 Å². The van der Waals surface area contributed by atoms with Crippen molar-refractivity contribution in [3.63, 3.8) is 0 Å². The van der Waals surface area contributed by atoms with Gasteiger partial charge in [-0.15, -0.1) is 0 Å². The minimum Gasteiger partial charge on any atom is -0.356 e. The van der Waals surface area contributed by atoms with Crippen molar-refractivity contribution < 1.29 is 4.79 Å². The molecule has 0 aromatic heterocycles. The molecule has 5 nitrogen and oxygen atoms in total. The van der Waals surface area contributed by atoms with E-state index in [0.29, 0.717) is 12.5 Å². The Morgan fingerprint density at radius 2 is 1.52 bits per heavy atom. The molecule has 0 saturated heterocycles. The van der Waals surface area contributed by atoms with E-state index in [1.807, 2.05) is 36.4 Å². The standard InChI is InChI=1S/C20H26N4O/c1-21-20(22-14-8-13-17-9-4-2-5-10-17)24-16-19(25)23-15-18-11-6-3-7-12-18/h2-7,9-12H,8,13-16H2,1H3,(H,23,25)(H2,21,22,24). The number of rotatable bonds is 8. The van der Waals surface area contributed by atoms with Gasteiger partial charge in [0.25, 0.3) is 0 Å². The normalized spacial score (nSPS) is 11.0. The number of guanidine groups is 1. The maximum absolute atomic E-state index is 11.9. The van der Waals surface area contributed by atoms with Gasteiger partial charge >= 0.3 is 0 Å². The summed E-state index contributed by atoms with van der Waals surface area (Å²) in [6.45, 7) is 1.54. The summed E-state index contributed by atoms with van der Waals surface area (Å²) in [4.78, 5) is 16.0. The van der Waals surface area contributed by atoms with E-state index in [4.69, 9.17) is 0 Å². The third-order valence-corrected chi connectivity index (χ3v) is 3.75. The van der Waals surface area contributed by atoms with Crippen LogP contribution in [-0.4, -0.2) is 32.0 Å². The molecule has 0 bridgehead atoms. The van der Waals surface area contributed by atoms with Gasteiger partial charge in [0.1, 0.15) is 0 Å². The lowest BCUT2D eigenvalue weighted by molar-refractivity contribution is -0.120. The van der Waals surface area contributed by atoms with Crippen LogP contribution in [0.3, 0.4) is 0 Å². The molecule has 0 atom stereocenters. The molecule has 0 fully saturated rings. The molecule has 0 unspecified atom stereocenters. The highest BCUT2D eigenvalue weighted by Gasteiger charge is 2.03. The van der Waals surface area contributed by atoms with Gasteiger partial charge in [-0.05, 0) is 24.0 Å². The molecule has 2 aromatic carbocycles. The topological polar surface area (TPSA) is 65.5 Å². The van der Waals surface area contributed by atoms with E-state index >= 15 is 0 Å². The van der Waals surface area contributed by atoms with Crippen LogP contribution in [0.15, 0.2) is 65.7 Å². The predicted octanol–water partition coefficient (Wildman–Crippen LogP) is 2.10. The molecule has 132 valence electrons. The van der Waals surface area contributed by atoms with Crippen molar-refractivity contribution in [1.82, 2.24) is 16.0 Å². The monoisotopic (exact) mass is 338 g/mol. The summed E-state index contributed by atoms with van der Waals surface area (Å²) in [5.41, 5.74) is 2.41. The Morgan fingerprint density at radius 1 is 0.880 bits per heavy atom. The smallest absolute Gasteiger partial charge is 0.239 e. The van der Waals surface area contributed by atoms with Gasteiger partial charge in [-0.2, -0.15) is 0 Å². The summed E-state index contributed by atoms with van der Waals surface area (Å²) >= 11 is 0. The first kappa shape index (κ1) is 18.5. The van der Waals surface area contributed by atoms with Crippen LogP contribution < -0.4 is 16.0 Å². The number of amides is 1. The molecular weight excluding hydrogens is 312 g/mol. The third-order valence-electron chi connectivity index (χ3n) is 3.75. The number of carbonyl (C=O) groups excluding carboxylic acids is 1. The molecular formula is C20H26N4O. The summed E-state index contributed by atoms with van der Waals surface area (Å²) < 4.78 is 0. The van der Waals surface area contributed by atoms with E-state index < -0.39 is 0 Å². The number of carbonyl (C=O) groups is 1. The van der Waals surface area contributed by atoms with Crippen molar-refractivity contribution in [2.75, 3.05) is 20.1 Å². The SMILES string of the molecule is CN=C(NCCCc1ccccc1)NCC(=O)NCc1ccccc1. The quantitative estimate of drug-likeness (QED) is 0.392. The average Bonchev–Trinajstić information content (AvgIpc) is 2.67. The highest BCUT2D eigenvalue weighted by molar-refractivity contribution is 5.86. The lowest BCUT2D eigenvalue weighted by atomic mass is 10.1. The van der Waals surface area contributed by atoms with E-state index in [-0.39, 0.29) is 12.5 Å². The summed E-state index contributed by atoms with van der Waals surface area (Å²) in [6, 6.07) is 20.2. The molecule has 0 saturated carbocycles. The number of benzene rings is 2. The molecule has 3 N–H and O–H groups in total. The lowest BCUT2D eigenvalue weighted by Crippen LogP contribution is -2.43. The van der Waals surface area contributed by atoms with Crippen LogP contribution in [0.5, 0.6) is 0 Å².